The van der Waals surface area contributed by atoms with E-state index in [1.807, 2.05) is 33.5 Å². The Morgan fingerprint density at radius 2 is 1.79 bits per heavy atom. The van der Waals surface area contributed by atoms with Crippen molar-refractivity contribution in [2.75, 3.05) is 13.2 Å². The average Bonchev–Trinajstić information content (AvgIpc) is 3.16. The van der Waals surface area contributed by atoms with Gasteiger partial charge in [-0.15, -0.1) is 0 Å². The van der Waals surface area contributed by atoms with Crippen molar-refractivity contribution < 1.29 is 18.9 Å². The van der Waals surface area contributed by atoms with Gasteiger partial charge >= 0.3 is 0 Å². The summed E-state index contributed by atoms with van der Waals surface area (Å²) in [5.41, 5.74) is 1.95. The number of carbonyl (C=O) groups is 1. The molecule has 0 aromatic rings. The SMILES string of the molecule is CCCCCC(/C=C/[C@H]1C=C/C(=N\OCC)[C@@H]1C/C=C\CCCC(=O)O[Si](C)(C)C)=NOCC. The van der Waals surface area contributed by atoms with Crippen LogP contribution in [0.3, 0.4) is 0 Å². The Bertz CT molecular complexity index is 735. The topological polar surface area (TPSA) is 69.5 Å². The maximum Gasteiger partial charge on any atom is 0.292 e. The zero-order valence-corrected chi connectivity index (χ0v) is 23.2. The molecule has 1 aliphatic carbocycles. The van der Waals surface area contributed by atoms with Crippen LogP contribution in [-0.4, -0.2) is 38.9 Å². The Morgan fingerprint density at radius 1 is 1.03 bits per heavy atom. The minimum atomic E-state index is -1.80. The summed E-state index contributed by atoms with van der Waals surface area (Å²) in [6, 6.07) is 0. The van der Waals surface area contributed by atoms with E-state index in [4.69, 9.17) is 14.1 Å². The van der Waals surface area contributed by atoms with E-state index in [2.05, 4.69) is 53.7 Å². The molecule has 0 heterocycles. The molecule has 0 aliphatic heterocycles. The lowest BCUT2D eigenvalue weighted by Crippen LogP contribution is -2.28. The number of rotatable bonds is 17. The summed E-state index contributed by atoms with van der Waals surface area (Å²) in [4.78, 5) is 22.6. The number of allylic oxidation sites excluding steroid dienone is 6. The van der Waals surface area contributed by atoms with Gasteiger partial charge in [-0.05, 0) is 77.7 Å². The van der Waals surface area contributed by atoms with E-state index in [9.17, 15) is 4.79 Å². The minimum absolute atomic E-state index is 0.0765. The Hall–Kier alpha value is -2.15. The zero-order chi connectivity index (χ0) is 25.2. The second-order valence-electron chi connectivity index (χ2n) is 9.48. The number of hydrogen-bond donors (Lipinski definition) is 0. The molecule has 0 saturated carbocycles. The molecule has 6 nitrogen and oxygen atoms in total. The minimum Gasteiger partial charge on any atom is -0.520 e. The molecular weight excluding hydrogens is 444 g/mol. The van der Waals surface area contributed by atoms with Gasteiger partial charge in [-0.3, -0.25) is 4.79 Å². The van der Waals surface area contributed by atoms with Crippen LogP contribution in [0.2, 0.25) is 19.6 Å². The van der Waals surface area contributed by atoms with Crippen molar-refractivity contribution in [3.8, 4) is 0 Å². The van der Waals surface area contributed by atoms with E-state index in [0.717, 1.165) is 43.5 Å². The fourth-order valence-electron chi connectivity index (χ4n) is 3.58. The molecule has 0 aromatic heterocycles. The van der Waals surface area contributed by atoms with E-state index >= 15 is 0 Å². The second kappa shape index (κ2) is 17.3. The first-order valence-corrected chi connectivity index (χ1v) is 16.3. The van der Waals surface area contributed by atoms with Crippen LogP contribution in [0.5, 0.6) is 0 Å². The first-order valence-electron chi connectivity index (χ1n) is 12.9. The zero-order valence-electron chi connectivity index (χ0n) is 22.2. The highest BCUT2D eigenvalue weighted by atomic mass is 28.4. The van der Waals surface area contributed by atoms with Gasteiger partial charge in [0, 0.05) is 18.3 Å². The highest BCUT2D eigenvalue weighted by molar-refractivity contribution is 6.71. The van der Waals surface area contributed by atoms with Crippen molar-refractivity contribution in [3.05, 3.63) is 36.5 Å². The van der Waals surface area contributed by atoms with Crippen molar-refractivity contribution in [1.82, 2.24) is 0 Å². The molecule has 1 rings (SSSR count). The van der Waals surface area contributed by atoms with E-state index in [0.29, 0.717) is 19.6 Å². The molecule has 7 heteroatoms. The van der Waals surface area contributed by atoms with E-state index < -0.39 is 8.32 Å². The molecule has 0 N–H and O–H groups in total. The highest BCUT2D eigenvalue weighted by Crippen LogP contribution is 2.29. The first kappa shape index (κ1) is 29.9. The summed E-state index contributed by atoms with van der Waals surface area (Å²) < 4.78 is 5.50. The second-order valence-corrected chi connectivity index (χ2v) is 13.9. The van der Waals surface area contributed by atoms with Crippen molar-refractivity contribution in [2.24, 2.45) is 22.1 Å². The summed E-state index contributed by atoms with van der Waals surface area (Å²) in [6.45, 7) is 13.3. The number of nitrogens with zero attached hydrogens (tertiary/aromatic N) is 2. The van der Waals surface area contributed by atoms with Crippen LogP contribution in [0, 0.1) is 11.8 Å². The Balaban J connectivity index is 2.70. The lowest BCUT2D eigenvalue weighted by molar-refractivity contribution is -0.135. The van der Waals surface area contributed by atoms with Gasteiger partial charge in [0.25, 0.3) is 5.97 Å². The molecule has 0 fully saturated rings. The molecular formula is C27H46N2O4Si. The van der Waals surface area contributed by atoms with Crippen LogP contribution >= 0.6 is 0 Å². The fraction of sp³-hybridized carbons (Fsp3) is 0.667. The smallest absolute Gasteiger partial charge is 0.292 e. The molecule has 0 spiro atoms. The molecule has 192 valence electrons. The Kier molecular flexibility index (Phi) is 15.2. The quantitative estimate of drug-likeness (QED) is 0.0710. The summed E-state index contributed by atoms with van der Waals surface area (Å²) in [6.07, 6.45) is 20.3. The first-order chi connectivity index (χ1) is 16.3. The molecule has 0 radical (unpaired) electrons. The van der Waals surface area contributed by atoms with Gasteiger partial charge in [0.1, 0.15) is 13.2 Å². The predicted octanol–water partition coefficient (Wildman–Crippen LogP) is 7.20. The van der Waals surface area contributed by atoms with Crippen LogP contribution in [-0.2, 0) is 18.9 Å². The van der Waals surface area contributed by atoms with Crippen molar-refractivity contribution >= 4 is 25.7 Å². The van der Waals surface area contributed by atoms with E-state index in [-0.39, 0.29) is 17.8 Å². The van der Waals surface area contributed by atoms with Gasteiger partial charge < -0.3 is 14.1 Å². The predicted molar refractivity (Wildman–Crippen MR) is 145 cm³/mol. The van der Waals surface area contributed by atoms with Gasteiger partial charge in [-0.25, -0.2) is 0 Å². The van der Waals surface area contributed by atoms with Crippen molar-refractivity contribution in [3.63, 3.8) is 0 Å². The Morgan fingerprint density at radius 3 is 2.47 bits per heavy atom. The summed E-state index contributed by atoms with van der Waals surface area (Å²) in [5.74, 6) is 0.376. The third kappa shape index (κ3) is 13.5. The summed E-state index contributed by atoms with van der Waals surface area (Å²) in [5, 5.41) is 8.64. The van der Waals surface area contributed by atoms with E-state index in [1.165, 1.54) is 12.8 Å². The number of carbonyl (C=O) groups excluding carboxylic acids is 1. The van der Waals surface area contributed by atoms with Crippen molar-refractivity contribution in [1.29, 1.82) is 0 Å². The maximum atomic E-state index is 11.9. The number of oxime groups is 2. The standard InChI is InChI=1S/C27H46N2O4Si/c1-7-10-13-16-24(28-31-8-2)21-19-23-20-22-26(29-32-9-3)25(23)17-14-11-12-15-18-27(30)33-34(4,5)6/h11,14,19-23,25H,7-10,12-13,15-18H2,1-6H3/b14-11-,21-19+,28-24?,29-26+/t23-,25+/m0/s1. The van der Waals surface area contributed by atoms with Crippen molar-refractivity contribution in [2.45, 2.75) is 91.8 Å². The Labute approximate surface area is 208 Å². The van der Waals surface area contributed by atoms with Gasteiger partial charge in [-0.2, -0.15) is 0 Å². The van der Waals surface area contributed by atoms with E-state index in [1.54, 1.807) is 0 Å². The molecule has 0 saturated heterocycles. The molecule has 0 aromatic carbocycles. The van der Waals surface area contributed by atoms with Gasteiger partial charge in [0.05, 0.1) is 11.4 Å². The van der Waals surface area contributed by atoms with Crippen LogP contribution in [0.25, 0.3) is 0 Å². The normalized spacial score (nSPS) is 20.1. The highest BCUT2D eigenvalue weighted by Gasteiger charge is 2.26. The summed E-state index contributed by atoms with van der Waals surface area (Å²) >= 11 is 0. The third-order valence-corrected chi connectivity index (χ3v) is 6.06. The monoisotopic (exact) mass is 490 g/mol. The largest absolute Gasteiger partial charge is 0.520 e. The molecule has 0 unspecified atom stereocenters. The molecule has 0 bridgehead atoms. The van der Waals surface area contributed by atoms with Crippen LogP contribution in [0.15, 0.2) is 46.8 Å². The van der Waals surface area contributed by atoms with Crippen LogP contribution in [0.1, 0.15) is 72.1 Å². The van der Waals surface area contributed by atoms with Gasteiger partial charge in [0.2, 0.25) is 8.32 Å². The lowest BCUT2D eigenvalue weighted by Gasteiger charge is -2.17. The number of hydrogen-bond acceptors (Lipinski definition) is 6. The molecule has 2 atom stereocenters. The van der Waals surface area contributed by atoms with Crippen LogP contribution < -0.4 is 0 Å². The molecule has 1 aliphatic rings. The molecule has 0 amide bonds. The molecule has 34 heavy (non-hydrogen) atoms. The third-order valence-electron chi connectivity index (χ3n) is 5.22. The average molecular weight is 491 g/mol. The summed E-state index contributed by atoms with van der Waals surface area (Å²) in [7, 11) is -1.80. The van der Waals surface area contributed by atoms with Gasteiger partial charge in [0.15, 0.2) is 0 Å². The van der Waals surface area contributed by atoms with Gasteiger partial charge in [-0.1, -0.05) is 54.4 Å². The number of unbranched alkanes of at least 4 members (excludes halogenated alkanes) is 3. The van der Waals surface area contributed by atoms with Crippen LogP contribution in [0.4, 0.5) is 0 Å². The fourth-order valence-corrected chi connectivity index (χ4v) is 4.37. The maximum absolute atomic E-state index is 11.9. The lowest BCUT2D eigenvalue weighted by atomic mass is 9.90.